The highest BCUT2D eigenvalue weighted by Crippen LogP contribution is 2.44. The fourth-order valence-electron chi connectivity index (χ4n) is 3.29. The van der Waals surface area contributed by atoms with Gasteiger partial charge in [-0.3, -0.25) is 0 Å². The van der Waals surface area contributed by atoms with E-state index in [2.05, 4.69) is 6.07 Å². The van der Waals surface area contributed by atoms with E-state index in [-0.39, 0.29) is 12.2 Å². The molecule has 2 saturated heterocycles. The van der Waals surface area contributed by atoms with Gasteiger partial charge in [-0.25, -0.2) is 0 Å². The van der Waals surface area contributed by atoms with E-state index in [1.807, 2.05) is 25.1 Å². The van der Waals surface area contributed by atoms with Crippen LogP contribution in [0.4, 0.5) is 0 Å². The first-order chi connectivity index (χ1) is 8.60. The molecule has 0 amide bonds. The SMILES string of the molecule is Cc1ccc(C2(O)CC3CCC(C2)O3)c(C#N)c1. The second-order valence-electron chi connectivity index (χ2n) is 5.56. The Morgan fingerprint density at radius 2 is 2.00 bits per heavy atom. The topological polar surface area (TPSA) is 53.2 Å². The molecule has 1 aromatic carbocycles. The zero-order valence-corrected chi connectivity index (χ0v) is 10.5. The summed E-state index contributed by atoms with van der Waals surface area (Å²) < 4.78 is 5.77. The average Bonchev–Trinajstić information content (AvgIpc) is 2.68. The maximum atomic E-state index is 10.9. The van der Waals surface area contributed by atoms with Crippen molar-refractivity contribution in [2.24, 2.45) is 0 Å². The summed E-state index contributed by atoms with van der Waals surface area (Å²) in [4.78, 5) is 0. The van der Waals surface area contributed by atoms with E-state index in [4.69, 9.17) is 4.74 Å². The lowest BCUT2D eigenvalue weighted by Gasteiger charge is -2.37. The van der Waals surface area contributed by atoms with Crippen molar-refractivity contribution in [3.63, 3.8) is 0 Å². The molecule has 0 saturated carbocycles. The molecule has 2 aliphatic rings. The second-order valence-corrected chi connectivity index (χ2v) is 5.56. The number of ether oxygens (including phenoxy) is 1. The second kappa shape index (κ2) is 4.08. The molecule has 18 heavy (non-hydrogen) atoms. The van der Waals surface area contributed by atoms with Crippen LogP contribution in [0.2, 0.25) is 0 Å². The van der Waals surface area contributed by atoms with E-state index in [0.717, 1.165) is 24.0 Å². The number of hydrogen-bond acceptors (Lipinski definition) is 3. The minimum Gasteiger partial charge on any atom is -0.385 e. The summed E-state index contributed by atoms with van der Waals surface area (Å²) in [7, 11) is 0. The van der Waals surface area contributed by atoms with Crippen molar-refractivity contribution in [3.05, 3.63) is 34.9 Å². The third-order valence-corrected chi connectivity index (χ3v) is 4.12. The summed E-state index contributed by atoms with van der Waals surface area (Å²) >= 11 is 0. The van der Waals surface area contributed by atoms with Crippen LogP contribution >= 0.6 is 0 Å². The Bertz CT molecular complexity index is 506. The summed E-state index contributed by atoms with van der Waals surface area (Å²) in [5.74, 6) is 0. The van der Waals surface area contributed by atoms with Gasteiger partial charge in [-0.15, -0.1) is 0 Å². The maximum Gasteiger partial charge on any atom is 0.0995 e. The van der Waals surface area contributed by atoms with Gasteiger partial charge in [0.25, 0.3) is 0 Å². The van der Waals surface area contributed by atoms with Crippen LogP contribution in [0.15, 0.2) is 18.2 Å². The Kier molecular flexibility index (Phi) is 2.65. The van der Waals surface area contributed by atoms with Crippen LogP contribution in [0.3, 0.4) is 0 Å². The van der Waals surface area contributed by atoms with E-state index < -0.39 is 5.60 Å². The van der Waals surface area contributed by atoms with Gasteiger partial charge in [0.1, 0.15) is 0 Å². The van der Waals surface area contributed by atoms with Crippen LogP contribution < -0.4 is 0 Å². The number of aryl methyl sites for hydroxylation is 1. The van der Waals surface area contributed by atoms with Crippen molar-refractivity contribution in [1.29, 1.82) is 5.26 Å². The number of rotatable bonds is 1. The Hall–Kier alpha value is -1.37. The first-order valence-corrected chi connectivity index (χ1v) is 6.50. The standard InChI is InChI=1S/C15H17NO2/c1-10-2-5-14(11(6-10)9-16)15(17)7-12-3-4-13(8-15)18-12/h2,5-6,12-13,17H,3-4,7-8H2,1H3. The van der Waals surface area contributed by atoms with Gasteiger partial charge >= 0.3 is 0 Å². The highest BCUT2D eigenvalue weighted by molar-refractivity contribution is 5.44. The number of nitrogens with zero attached hydrogens (tertiary/aromatic N) is 1. The van der Waals surface area contributed by atoms with Crippen molar-refractivity contribution in [1.82, 2.24) is 0 Å². The van der Waals surface area contributed by atoms with Crippen molar-refractivity contribution in [3.8, 4) is 6.07 Å². The van der Waals surface area contributed by atoms with Crippen molar-refractivity contribution < 1.29 is 9.84 Å². The molecule has 0 spiro atoms. The first kappa shape index (κ1) is 11.7. The van der Waals surface area contributed by atoms with Gasteiger partial charge in [-0.05, 0) is 31.4 Å². The Balaban J connectivity index is 2.01. The lowest BCUT2D eigenvalue weighted by Crippen LogP contribution is -2.39. The third-order valence-electron chi connectivity index (χ3n) is 4.12. The molecule has 1 N–H and O–H groups in total. The van der Waals surface area contributed by atoms with Crippen molar-refractivity contribution >= 4 is 0 Å². The van der Waals surface area contributed by atoms with Crippen LogP contribution in [0, 0.1) is 18.3 Å². The highest BCUT2D eigenvalue weighted by Gasteiger charge is 2.45. The molecule has 2 heterocycles. The van der Waals surface area contributed by atoms with Gasteiger partial charge in [-0.1, -0.05) is 12.1 Å². The molecular formula is C15H17NO2. The Morgan fingerprint density at radius 1 is 1.33 bits per heavy atom. The normalized spacial score (nSPS) is 34.3. The molecule has 94 valence electrons. The highest BCUT2D eigenvalue weighted by atomic mass is 16.5. The summed E-state index contributed by atoms with van der Waals surface area (Å²) in [6, 6.07) is 7.93. The predicted molar refractivity (Wildman–Crippen MR) is 66.9 cm³/mol. The molecule has 0 aliphatic carbocycles. The number of nitriles is 1. The van der Waals surface area contributed by atoms with Crippen LogP contribution in [0.5, 0.6) is 0 Å². The summed E-state index contributed by atoms with van der Waals surface area (Å²) in [6.45, 7) is 1.96. The molecule has 2 unspecified atom stereocenters. The van der Waals surface area contributed by atoms with Crippen LogP contribution in [-0.2, 0) is 10.3 Å². The molecule has 2 fully saturated rings. The molecule has 2 atom stereocenters. The van der Waals surface area contributed by atoms with E-state index >= 15 is 0 Å². The van der Waals surface area contributed by atoms with Crippen LogP contribution in [0.1, 0.15) is 42.4 Å². The predicted octanol–water partition coefficient (Wildman–Crippen LogP) is 2.40. The average molecular weight is 243 g/mol. The molecule has 3 heteroatoms. The minimum absolute atomic E-state index is 0.154. The first-order valence-electron chi connectivity index (χ1n) is 6.50. The maximum absolute atomic E-state index is 10.9. The molecule has 2 aliphatic heterocycles. The molecule has 0 aromatic heterocycles. The molecule has 3 nitrogen and oxygen atoms in total. The van der Waals surface area contributed by atoms with Crippen molar-refractivity contribution in [2.45, 2.75) is 50.4 Å². The van der Waals surface area contributed by atoms with Gasteiger partial charge in [0, 0.05) is 18.4 Å². The minimum atomic E-state index is -0.886. The van der Waals surface area contributed by atoms with E-state index in [1.54, 1.807) is 0 Å². The third kappa shape index (κ3) is 1.82. The fraction of sp³-hybridized carbons (Fsp3) is 0.533. The Labute approximate surface area is 107 Å². The van der Waals surface area contributed by atoms with Gasteiger partial charge in [0.2, 0.25) is 0 Å². The number of fused-ring (bicyclic) bond motifs is 2. The summed E-state index contributed by atoms with van der Waals surface area (Å²) in [6.07, 6.45) is 3.59. The van der Waals surface area contributed by atoms with Gasteiger partial charge in [-0.2, -0.15) is 5.26 Å². The van der Waals surface area contributed by atoms with Crippen molar-refractivity contribution in [2.75, 3.05) is 0 Å². The summed E-state index contributed by atoms with van der Waals surface area (Å²) in [5.41, 5.74) is 1.53. The number of aliphatic hydroxyl groups is 1. The number of hydrogen-bond donors (Lipinski definition) is 1. The monoisotopic (exact) mass is 243 g/mol. The van der Waals surface area contributed by atoms with Gasteiger partial charge < -0.3 is 9.84 Å². The van der Waals surface area contributed by atoms with E-state index in [0.29, 0.717) is 18.4 Å². The molecule has 3 rings (SSSR count). The van der Waals surface area contributed by atoms with E-state index in [9.17, 15) is 10.4 Å². The molecule has 0 radical (unpaired) electrons. The zero-order chi connectivity index (χ0) is 12.8. The lowest BCUT2D eigenvalue weighted by molar-refractivity contribution is -0.115. The Morgan fingerprint density at radius 3 is 2.61 bits per heavy atom. The summed E-state index contributed by atoms with van der Waals surface area (Å²) in [5, 5.41) is 20.1. The lowest BCUT2D eigenvalue weighted by atomic mass is 9.81. The number of benzene rings is 1. The van der Waals surface area contributed by atoms with Crippen LogP contribution in [-0.4, -0.2) is 17.3 Å². The molecule has 1 aromatic rings. The van der Waals surface area contributed by atoms with Gasteiger partial charge in [0.15, 0.2) is 0 Å². The van der Waals surface area contributed by atoms with Gasteiger partial charge in [0.05, 0.1) is 29.4 Å². The fourth-order valence-corrected chi connectivity index (χ4v) is 3.29. The van der Waals surface area contributed by atoms with E-state index in [1.165, 1.54) is 0 Å². The largest absolute Gasteiger partial charge is 0.385 e. The zero-order valence-electron chi connectivity index (χ0n) is 10.5. The smallest absolute Gasteiger partial charge is 0.0995 e. The molecule has 2 bridgehead atoms. The van der Waals surface area contributed by atoms with Crippen LogP contribution in [0.25, 0.3) is 0 Å². The quantitative estimate of drug-likeness (QED) is 0.824. The molecular weight excluding hydrogens is 226 g/mol.